The van der Waals surface area contributed by atoms with Crippen molar-refractivity contribution >= 4 is 20.8 Å². The van der Waals surface area contributed by atoms with E-state index in [2.05, 4.69) is 11.6 Å². The van der Waals surface area contributed by atoms with Crippen molar-refractivity contribution in [3.63, 3.8) is 0 Å². The number of rotatable bonds is 5. The molecule has 0 spiro atoms. The highest BCUT2D eigenvalue weighted by Gasteiger charge is 2.39. The van der Waals surface area contributed by atoms with E-state index in [1.807, 2.05) is 30.3 Å². The molecule has 0 bridgehead atoms. The zero-order valence-electron chi connectivity index (χ0n) is 11.5. The fourth-order valence-electron chi connectivity index (χ4n) is 2.77. The predicted octanol–water partition coefficient (Wildman–Crippen LogP) is 3.31. The van der Waals surface area contributed by atoms with E-state index in [0.717, 1.165) is 30.0 Å². The van der Waals surface area contributed by atoms with Gasteiger partial charge in [0.25, 0.3) is 0 Å². The van der Waals surface area contributed by atoms with Gasteiger partial charge in [0.1, 0.15) is 0 Å². The van der Waals surface area contributed by atoms with E-state index in [1.165, 1.54) is 0 Å². The summed E-state index contributed by atoms with van der Waals surface area (Å²) in [6.07, 6.45) is 3.18. The lowest BCUT2D eigenvalue weighted by molar-refractivity contribution is 0.574. The van der Waals surface area contributed by atoms with Crippen LogP contribution in [0.3, 0.4) is 0 Å². The van der Waals surface area contributed by atoms with Crippen LogP contribution in [0.2, 0.25) is 0 Å². The molecule has 2 unspecified atom stereocenters. The molecule has 106 valence electrons. The van der Waals surface area contributed by atoms with Crippen molar-refractivity contribution in [1.82, 2.24) is 4.72 Å². The first-order valence-electron chi connectivity index (χ1n) is 7.12. The lowest BCUT2D eigenvalue weighted by Gasteiger charge is -2.09. The van der Waals surface area contributed by atoms with Gasteiger partial charge in [-0.05, 0) is 30.2 Å². The summed E-state index contributed by atoms with van der Waals surface area (Å²) in [7, 11) is -3.42. The Morgan fingerprint density at radius 2 is 1.90 bits per heavy atom. The van der Waals surface area contributed by atoms with Crippen LogP contribution in [0.1, 0.15) is 26.2 Å². The predicted molar refractivity (Wildman–Crippen MR) is 81.1 cm³/mol. The fraction of sp³-hybridized carbons (Fsp3) is 0.375. The summed E-state index contributed by atoms with van der Waals surface area (Å²) in [4.78, 5) is 0.387. The lowest BCUT2D eigenvalue weighted by atomic mass is 10.1. The molecule has 3 rings (SSSR count). The second-order valence-electron chi connectivity index (χ2n) is 5.49. The molecule has 1 saturated carbocycles. The van der Waals surface area contributed by atoms with Crippen LogP contribution in [0.4, 0.5) is 0 Å². The number of benzene rings is 2. The van der Waals surface area contributed by atoms with Gasteiger partial charge in [-0.2, -0.15) is 0 Å². The first-order chi connectivity index (χ1) is 9.62. The smallest absolute Gasteiger partial charge is 0.208 e. The van der Waals surface area contributed by atoms with E-state index in [-0.39, 0.29) is 6.04 Å². The fourth-order valence-corrected chi connectivity index (χ4v) is 4.32. The van der Waals surface area contributed by atoms with Crippen LogP contribution in [0.15, 0.2) is 47.4 Å². The van der Waals surface area contributed by atoms with Crippen LogP contribution in [-0.2, 0) is 10.0 Å². The van der Waals surface area contributed by atoms with Crippen LogP contribution in [-0.4, -0.2) is 14.5 Å². The van der Waals surface area contributed by atoms with E-state index in [9.17, 15) is 8.42 Å². The molecular formula is C16H19NO2S. The zero-order valence-corrected chi connectivity index (χ0v) is 12.4. The lowest BCUT2D eigenvalue weighted by Crippen LogP contribution is -2.27. The molecule has 0 heterocycles. The Morgan fingerprint density at radius 1 is 1.15 bits per heavy atom. The van der Waals surface area contributed by atoms with Gasteiger partial charge in [0, 0.05) is 11.4 Å². The quantitative estimate of drug-likeness (QED) is 0.918. The van der Waals surface area contributed by atoms with Crippen molar-refractivity contribution in [2.75, 3.05) is 0 Å². The third-order valence-corrected chi connectivity index (χ3v) is 5.48. The van der Waals surface area contributed by atoms with Gasteiger partial charge < -0.3 is 0 Å². The summed E-state index contributed by atoms with van der Waals surface area (Å²) in [5, 5.41) is 1.74. The molecule has 1 fully saturated rings. The van der Waals surface area contributed by atoms with Gasteiger partial charge in [-0.25, -0.2) is 13.1 Å². The Labute approximate surface area is 120 Å². The minimum absolute atomic E-state index is 0.124. The largest absolute Gasteiger partial charge is 0.241 e. The molecule has 0 aromatic heterocycles. The van der Waals surface area contributed by atoms with Crippen LogP contribution < -0.4 is 4.72 Å². The maximum absolute atomic E-state index is 12.5. The normalized spacial score (nSPS) is 22.1. The molecular weight excluding hydrogens is 270 g/mol. The van der Waals surface area contributed by atoms with Crippen molar-refractivity contribution in [1.29, 1.82) is 0 Å². The van der Waals surface area contributed by atoms with E-state index in [1.54, 1.807) is 12.1 Å². The van der Waals surface area contributed by atoms with Gasteiger partial charge >= 0.3 is 0 Å². The first kappa shape index (κ1) is 13.6. The maximum Gasteiger partial charge on any atom is 0.241 e. The monoisotopic (exact) mass is 289 g/mol. The molecule has 2 aromatic rings. The molecule has 0 aliphatic heterocycles. The first-order valence-corrected chi connectivity index (χ1v) is 8.60. The van der Waals surface area contributed by atoms with Crippen LogP contribution in [0.25, 0.3) is 10.8 Å². The van der Waals surface area contributed by atoms with Gasteiger partial charge in [0.2, 0.25) is 10.0 Å². The molecule has 0 saturated heterocycles. The van der Waals surface area contributed by atoms with Gasteiger partial charge in [0.05, 0.1) is 4.90 Å². The molecule has 3 nitrogen and oxygen atoms in total. The molecule has 4 heteroatoms. The van der Waals surface area contributed by atoms with Crippen LogP contribution >= 0.6 is 0 Å². The van der Waals surface area contributed by atoms with Crippen molar-refractivity contribution in [3.8, 4) is 0 Å². The Bertz CT molecular complexity index is 719. The highest BCUT2D eigenvalue weighted by atomic mass is 32.2. The molecule has 0 amide bonds. The molecule has 1 N–H and O–H groups in total. The average molecular weight is 289 g/mol. The molecule has 2 atom stereocenters. The molecule has 1 aliphatic carbocycles. The summed E-state index contributed by atoms with van der Waals surface area (Å²) in [5.74, 6) is 0.518. The van der Waals surface area contributed by atoms with Crippen molar-refractivity contribution in [3.05, 3.63) is 42.5 Å². The van der Waals surface area contributed by atoms with Gasteiger partial charge in [-0.3, -0.25) is 0 Å². The summed E-state index contributed by atoms with van der Waals surface area (Å²) >= 11 is 0. The van der Waals surface area contributed by atoms with Crippen LogP contribution in [0.5, 0.6) is 0 Å². The highest BCUT2D eigenvalue weighted by Crippen LogP contribution is 2.36. The zero-order chi connectivity index (χ0) is 14.2. The number of sulfonamides is 1. The summed E-state index contributed by atoms with van der Waals surface area (Å²) in [6, 6.07) is 13.1. The third kappa shape index (κ3) is 2.58. The summed E-state index contributed by atoms with van der Waals surface area (Å²) < 4.78 is 27.9. The number of hydrogen-bond donors (Lipinski definition) is 1. The van der Waals surface area contributed by atoms with Crippen molar-refractivity contribution < 1.29 is 8.42 Å². The number of hydrogen-bond acceptors (Lipinski definition) is 2. The van der Waals surface area contributed by atoms with E-state index in [4.69, 9.17) is 0 Å². The van der Waals surface area contributed by atoms with Gasteiger partial charge in [-0.15, -0.1) is 0 Å². The minimum atomic E-state index is -3.42. The molecule has 2 aromatic carbocycles. The minimum Gasteiger partial charge on any atom is -0.208 e. The molecule has 0 radical (unpaired) electrons. The number of nitrogens with one attached hydrogen (secondary N) is 1. The van der Waals surface area contributed by atoms with E-state index >= 15 is 0 Å². The Kier molecular flexibility index (Phi) is 3.52. The van der Waals surface area contributed by atoms with E-state index in [0.29, 0.717) is 10.8 Å². The standard InChI is InChI=1S/C16H19NO2S/c1-2-6-13-11-15(13)17-20(18,19)16-10-5-8-12-7-3-4-9-14(12)16/h3-5,7-10,13,15,17H,2,6,11H2,1H3. The second-order valence-corrected chi connectivity index (χ2v) is 7.17. The van der Waals surface area contributed by atoms with Crippen LogP contribution in [0, 0.1) is 5.92 Å². The van der Waals surface area contributed by atoms with E-state index < -0.39 is 10.0 Å². The Morgan fingerprint density at radius 3 is 2.70 bits per heavy atom. The molecule has 20 heavy (non-hydrogen) atoms. The van der Waals surface area contributed by atoms with Crippen molar-refractivity contribution in [2.24, 2.45) is 5.92 Å². The van der Waals surface area contributed by atoms with Crippen molar-refractivity contribution in [2.45, 2.75) is 37.1 Å². The van der Waals surface area contributed by atoms with Gasteiger partial charge in [-0.1, -0.05) is 49.7 Å². The highest BCUT2D eigenvalue weighted by molar-refractivity contribution is 7.89. The second kappa shape index (κ2) is 5.19. The SMILES string of the molecule is CCCC1CC1NS(=O)(=O)c1cccc2ccccc12. The summed E-state index contributed by atoms with van der Waals surface area (Å²) in [6.45, 7) is 2.13. The maximum atomic E-state index is 12.5. The topological polar surface area (TPSA) is 46.2 Å². The third-order valence-electron chi connectivity index (χ3n) is 3.93. The Hall–Kier alpha value is -1.39. The average Bonchev–Trinajstić information content (AvgIpc) is 3.15. The Balaban J connectivity index is 1.90. The number of fused-ring (bicyclic) bond motifs is 1. The summed E-state index contributed by atoms with van der Waals surface area (Å²) in [5.41, 5.74) is 0. The molecule has 1 aliphatic rings. The van der Waals surface area contributed by atoms with Gasteiger partial charge in [0.15, 0.2) is 0 Å².